The van der Waals surface area contributed by atoms with Gasteiger partial charge in [-0.2, -0.15) is 5.26 Å². The van der Waals surface area contributed by atoms with Crippen molar-refractivity contribution in [3.05, 3.63) is 70.5 Å². The monoisotopic (exact) mass is 350 g/mol. The van der Waals surface area contributed by atoms with Gasteiger partial charge < -0.3 is 4.84 Å². The molecule has 128 valence electrons. The van der Waals surface area contributed by atoms with E-state index in [1.807, 2.05) is 6.07 Å². The second kappa shape index (κ2) is 5.49. The molecule has 2 aromatic rings. The Labute approximate surface area is 147 Å². The Hall–Kier alpha value is -3.53. The molecule has 6 nitrogen and oxygen atoms in total. The van der Waals surface area contributed by atoms with Crippen LogP contribution < -0.4 is 0 Å². The molecule has 2 aliphatic rings. The zero-order valence-corrected chi connectivity index (χ0v) is 13.4. The number of imide groups is 1. The number of benzene rings is 2. The summed E-state index contributed by atoms with van der Waals surface area (Å²) in [7, 11) is 0. The molecule has 2 aromatic carbocycles. The Morgan fingerprint density at radius 2 is 1.73 bits per heavy atom. The van der Waals surface area contributed by atoms with Crippen molar-refractivity contribution in [2.24, 2.45) is 0 Å². The molecule has 0 unspecified atom stereocenters. The molecule has 2 amide bonds. The topological polar surface area (TPSA) is 87.5 Å². The molecule has 0 radical (unpaired) electrons. The normalized spacial score (nSPS) is 16.8. The zero-order chi connectivity index (χ0) is 18.5. The van der Waals surface area contributed by atoms with E-state index in [0.29, 0.717) is 23.5 Å². The third-order valence-corrected chi connectivity index (χ3v) is 4.65. The lowest BCUT2D eigenvalue weighted by Crippen LogP contribution is -2.37. The van der Waals surface area contributed by atoms with Gasteiger partial charge in [0, 0.05) is 0 Å². The first-order valence-corrected chi connectivity index (χ1v) is 7.88. The molecular formula is C19H11FN2O4. The van der Waals surface area contributed by atoms with Crippen LogP contribution in [0.25, 0.3) is 0 Å². The lowest BCUT2D eigenvalue weighted by Gasteiger charge is -2.19. The summed E-state index contributed by atoms with van der Waals surface area (Å²) in [6.07, 6.45) is 0.757. The summed E-state index contributed by atoms with van der Waals surface area (Å²) < 4.78 is 13.7. The highest BCUT2D eigenvalue weighted by Crippen LogP contribution is 2.50. The van der Waals surface area contributed by atoms with E-state index in [2.05, 4.69) is 0 Å². The molecule has 0 saturated heterocycles. The number of halogens is 1. The maximum atomic E-state index is 13.7. The maximum absolute atomic E-state index is 13.7. The van der Waals surface area contributed by atoms with Gasteiger partial charge in [0.1, 0.15) is 5.82 Å². The molecule has 4 rings (SSSR count). The molecule has 1 heterocycles. The van der Waals surface area contributed by atoms with Crippen molar-refractivity contribution in [3.63, 3.8) is 0 Å². The van der Waals surface area contributed by atoms with E-state index in [9.17, 15) is 18.8 Å². The quantitative estimate of drug-likeness (QED) is 0.794. The number of rotatable bonds is 3. The van der Waals surface area contributed by atoms with E-state index in [0.717, 1.165) is 12.1 Å². The fourth-order valence-electron chi connectivity index (χ4n) is 3.09. The first-order chi connectivity index (χ1) is 12.5. The van der Waals surface area contributed by atoms with Crippen molar-refractivity contribution in [3.8, 4) is 6.07 Å². The maximum Gasteiger partial charge on any atom is 0.343 e. The first-order valence-electron chi connectivity index (χ1n) is 7.88. The third-order valence-electron chi connectivity index (χ3n) is 4.65. The minimum absolute atomic E-state index is 0.0832. The number of fused-ring (bicyclic) bond motifs is 1. The molecule has 0 atom stereocenters. The highest BCUT2D eigenvalue weighted by Gasteiger charge is 2.55. The fraction of sp³-hybridized carbons (Fsp3) is 0.158. The van der Waals surface area contributed by atoms with Crippen LogP contribution in [0, 0.1) is 17.1 Å². The van der Waals surface area contributed by atoms with Crippen LogP contribution in [0.3, 0.4) is 0 Å². The predicted octanol–water partition coefficient (Wildman–Crippen LogP) is 2.48. The molecule has 1 fully saturated rings. The minimum Gasteiger partial charge on any atom is -0.329 e. The van der Waals surface area contributed by atoms with Crippen molar-refractivity contribution in [1.82, 2.24) is 5.06 Å². The first kappa shape index (κ1) is 16.0. The zero-order valence-electron chi connectivity index (χ0n) is 13.4. The molecule has 7 heteroatoms. The van der Waals surface area contributed by atoms with Crippen LogP contribution in [0.2, 0.25) is 0 Å². The number of nitriles is 1. The van der Waals surface area contributed by atoms with Gasteiger partial charge in [0.25, 0.3) is 11.8 Å². The Balaban J connectivity index is 1.62. The number of hydrogen-bond donors (Lipinski definition) is 0. The van der Waals surface area contributed by atoms with E-state index in [1.54, 1.807) is 12.1 Å². The van der Waals surface area contributed by atoms with Gasteiger partial charge in [0.15, 0.2) is 0 Å². The van der Waals surface area contributed by atoms with Crippen LogP contribution in [-0.2, 0) is 15.0 Å². The summed E-state index contributed by atoms with van der Waals surface area (Å²) in [6, 6.07) is 11.6. The van der Waals surface area contributed by atoms with Gasteiger partial charge in [-0.25, -0.2) is 9.18 Å². The Morgan fingerprint density at radius 1 is 1.12 bits per heavy atom. The van der Waals surface area contributed by atoms with E-state index >= 15 is 0 Å². The lowest BCUT2D eigenvalue weighted by atomic mass is 9.94. The average Bonchev–Trinajstić information content (AvgIpc) is 3.42. The predicted molar refractivity (Wildman–Crippen MR) is 85.1 cm³/mol. The fourth-order valence-corrected chi connectivity index (χ4v) is 3.09. The molecule has 1 saturated carbocycles. The molecule has 1 aliphatic carbocycles. The van der Waals surface area contributed by atoms with Crippen molar-refractivity contribution in [2.45, 2.75) is 18.3 Å². The Kier molecular flexibility index (Phi) is 3.37. The third kappa shape index (κ3) is 2.27. The molecule has 26 heavy (non-hydrogen) atoms. The van der Waals surface area contributed by atoms with Gasteiger partial charge in [0.05, 0.1) is 28.2 Å². The minimum atomic E-state index is -1.15. The number of hydrogen-bond acceptors (Lipinski definition) is 5. The Morgan fingerprint density at radius 3 is 2.27 bits per heavy atom. The lowest BCUT2D eigenvalue weighted by molar-refractivity contribution is -0.171. The molecule has 0 spiro atoms. The summed E-state index contributed by atoms with van der Waals surface area (Å²) in [6.45, 7) is 0. The van der Waals surface area contributed by atoms with Crippen molar-refractivity contribution in [2.75, 3.05) is 0 Å². The largest absolute Gasteiger partial charge is 0.343 e. The van der Waals surface area contributed by atoms with Gasteiger partial charge in [0.2, 0.25) is 0 Å². The molecule has 0 aromatic heterocycles. The van der Waals surface area contributed by atoms with Gasteiger partial charge in [-0.1, -0.05) is 17.2 Å². The van der Waals surface area contributed by atoms with Crippen LogP contribution >= 0.6 is 0 Å². The summed E-state index contributed by atoms with van der Waals surface area (Å²) in [4.78, 5) is 42.4. The van der Waals surface area contributed by atoms with Gasteiger partial charge in [-0.3, -0.25) is 9.59 Å². The van der Waals surface area contributed by atoms with Gasteiger partial charge in [-0.15, -0.1) is 0 Å². The highest BCUT2D eigenvalue weighted by atomic mass is 19.1. The summed E-state index contributed by atoms with van der Waals surface area (Å²) in [5, 5.41) is 9.42. The smallest absolute Gasteiger partial charge is 0.329 e. The second-order valence-corrected chi connectivity index (χ2v) is 6.25. The number of nitrogens with zero attached hydrogens (tertiary/aromatic N) is 2. The average molecular weight is 350 g/mol. The van der Waals surface area contributed by atoms with Crippen molar-refractivity contribution < 1.29 is 23.6 Å². The van der Waals surface area contributed by atoms with Crippen molar-refractivity contribution >= 4 is 17.8 Å². The van der Waals surface area contributed by atoms with Crippen LogP contribution in [0.5, 0.6) is 0 Å². The van der Waals surface area contributed by atoms with E-state index in [-0.39, 0.29) is 16.7 Å². The standard InChI is InChI=1S/C19H11FN2O4/c20-13-8-11(10-21)7-12(9-13)19(5-6-19)18(25)26-22-16(23)14-3-1-2-4-15(14)17(22)24/h1-4,7-9H,5-6H2. The summed E-state index contributed by atoms with van der Waals surface area (Å²) >= 11 is 0. The van der Waals surface area contributed by atoms with E-state index in [4.69, 9.17) is 10.1 Å². The SMILES string of the molecule is N#Cc1cc(F)cc(C2(C(=O)ON3C(=O)c4ccccc4C3=O)CC2)c1. The molecular weight excluding hydrogens is 339 g/mol. The van der Waals surface area contributed by atoms with Gasteiger partial charge in [-0.05, 0) is 48.7 Å². The van der Waals surface area contributed by atoms with Crippen LogP contribution in [0.1, 0.15) is 44.7 Å². The number of amides is 2. The van der Waals surface area contributed by atoms with E-state index < -0.39 is 29.0 Å². The molecule has 0 N–H and O–H groups in total. The van der Waals surface area contributed by atoms with Crippen LogP contribution in [-0.4, -0.2) is 22.8 Å². The van der Waals surface area contributed by atoms with Crippen molar-refractivity contribution in [1.29, 1.82) is 5.26 Å². The number of carbonyl (C=O) groups excluding carboxylic acids is 3. The second-order valence-electron chi connectivity index (χ2n) is 6.25. The molecule has 1 aliphatic heterocycles. The van der Waals surface area contributed by atoms with E-state index in [1.165, 1.54) is 18.2 Å². The highest BCUT2D eigenvalue weighted by molar-refractivity contribution is 6.21. The molecule has 0 bridgehead atoms. The van der Waals surface area contributed by atoms with Gasteiger partial charge >= 0.3 is 5.97 Å². The number of hydroxylamine groups is 2. The van der Waals surface area contributed by atoms with Crippen LogP contribution in [0.4, 0.5) is 4.39 Å². The van der Waals surface area contributed by atoms with Crippen LogP contribution in [0.15, 0.2) is 42.5 Å². The summed E-state index contributed by atoms with van der Waals surface area (Å²) in [5.41, 5.74) is -0.445. The summed E-state index contributed by atoms with van der Waals surface area (Å²) in [5.74, 6) is -2.89. The number of carbonyl (C=O) groups is 3. The Bertz CT molecular complexity index is 985.